The second-order valence-corrected chi connectivity index (χ2v) is 9.33. The maximum absolute atomic E-state index is 13.1. The highest BCUT2D eigenvalue weighted by molar-refractivity contribution is 7.89. The second kappa shape index (κ2) is 7.22. The van der Waals surface area contributed by atoms with Crippen LogP contribution in [0.1, 0.15) is 18.1 Å². The maximum Gasteiger partial charge on any atom is 0.243 e. The van der Waals surface area contributed by atoms with Crippen molar-refractivity contribution < 1.29 is 13.2 Å². The van der Waals surface area contributed by atoms with Crippen LogP contribution in [0.2, 0.25) is 0 Å². The van der Waals surface area contributed by atoms with E-state index in [1.165, 1.54) is 18.2 Å². The van der Waals surface area contributed by atoms with Gasteiger partial charge in [-0.1, -0.05) is 18.2 Å². The van der Waals surface area contributed by atoms with E-state index in [1.807, 2.05) is 12.1 Å². The SMILES string of the molecule is CC(=O)N1CCc2cc(S(=O)(=O)N3CCN(c4ccccc4C)CC3)ccc21. The standard InChI is InChI=1S/C21H25N3O3S/c1-16-5-3-4-6-20(16)22-11-13-23(14-12-22)28(26,27)19-7-8-21-18(15-19)9-10-24(21)17(2)25/h3-8,15H,9-14H2,1-2H3. The molecule has 0 saturated carbocycles. The van der Waals surface area contributed by atoms with E-state index in [1.54, 1.807) is 27.4 Å². The minimum absolute atomic E-state index is 0.0123. The van der Waals surface area contributed by atoms with E-state index in [2.05, 4.69) is 24.0 Å². The van der Waals surface area contributed by atoms with E-state index in [0.717, 1.165) is 11.3 Å². The Balaban J connectivity index is 1.51. The summed E-state index contributed by atoms with van der Waals surface area (Å²) in [7, 11) is -3.53. The van der Waals surface area contributed by atoms with Crippen LogP contribution in [0.25, 0.3) is 0 Å². The smallest absolute Gasteiger partial charge is 0.243 e. The molecule has 2 aliphatic rings. The Kier molecular flexibility index (Phi) is 4.89. The Morgan fingerprint density at radius 2 is 1.64 bits per heavy atom. The van der Waals surface area contributed by atoms with E-state index >= 15 is 0 Å². The molecule has 0 bridgehead atoms. The van der Waals surface area contributed by atoms with Crippen molar-refractivity contribution in [2.45, 2.75) is 25.2 Å². The molecule has 1 saturated heterocycles. The number of carbonyl (C=O) groups is 1. The lowest BCUT2D eigenvalue weighted by Gasteiger charge is -2.36. The molecule has 4 rings (SSSR count). The lowest BCUT2D eigenvalue weighted by Crippen LogP contribution is -2.48. The maximum atomic E-state index is 13.1. The first kappa shape index (κ1) is 19.0. The van der Waals surface area contributed by atoms with Crippen LogP contribution in [0.15, 0.2) is 47.4 Å². The molecule has 28 heavy (non-hydrogen) atoms. The van der Waals surface area contributed by atoms with E-state index < -0.39 is 10.0 Å². The molecular formula is C21H25N3O3S. The van der Waals surface area contributed by atoms with Crippen molar-refractivity contribution in [2.75, 3.05) is 42.5 Å². The van der Waals surface area contributed by atoms with E-state index in [0.29, 0.717) is 44.0 Å². The largest absolute Gasteiger partial charge is 0.369 e. The van der Waals surface area contributed by atoms with Crippen LogP contribution in [0.3, 0.4) is 0 Å². The van der Waals surface area contributed by atoms with Crippen molar-refractivity contribution in [1.82, 2.24) is 4.31 Å². The third-order valence-electron chi connectivity index (χ3n) is 5.66. The monoisotopic (exact) mass is 399 g/mol. The van der Waals surface area contributed by atoms with Crippen LogP contribution < -0.4 is 9.80 Å². The zero-order valence-electron chi connectivity index (χ0n) is 16.3. The number of aryl methyl sites for hydroxylation is 1. The van der Waals surface area contributed by atoms with Gasteiger partial charge in [0, 0.05) is 51.0 Å². The first-order valence-corrected chi connectivity index (χ1v) is 11.0. The molecule has 2 aliphatic heterocycles. The molecule has 2 aromatic rings. The van der Waals surface area contributed by atoms with Gasteiger partial charge in [-0.15, -0.1) is 0 Å². The molecule has 2 heterocycles. The van der Waals surface area contributed by atoms with Crippen LogP contribution in [-0.2, 0) is 21.2 Å². The fourth-order valence-corrected chi connectivity index (χ4v) is 5.58. The van der Waals surface area contributed by atoms with Crippen molar-refractivity contribution in [3.05, 3.63) is 53.6 Å². The molecule has 7 heteroatoms. The number of benzene rings is 2. The first-order chi connectivity index (χ1) is 13.4. The van der Waals surface area contributed by atoms with Crippen molar-refractivity contribution in [1.29, 1.82) is 0 Å². The van der Waals surface area contributed by atoms with Gasteiger partial charge in [-0.05, 0) is 48.7 Å². The van der Waals surface area contributed by atoms with Crippen molar-refractivity contribution in [3.8, 4) is 0 Å². The number of hydrogen-bond acceptors (Lipinski definition) is 4. The number of piperazine rings is 1. The van der Waals surface area contributed by atoms with Gasteiger partial charge in [0.05, 0.1) is 4.90 Å². The predicted octanol–water partition coefficient (Wildman–Crippen LogP) is 2.41. The third kappa shape index (κ3) is 3.29. The normalized spacial score (nSPS) is 17.6. The van der Waals surface area contributed by atoms with Crippen molar-refractivity contribution >= 4 is 27.3 Å². The van der Waals surface area contributed by atoms with E-state index in [9.17, 15) is 13.2 Å². The van der Waals surface area contributed by atoms with Gasteiger partial charge >= 0.3 is 0 Å². The van der Waals surface area contributed by atoms with Gasteiger partial charge in [-0.25, -0.2) is 8.42 Å². The fourth-order valence-electron chi connectivity index (χ4n) is 4.10. The van der Waals surface area contributed by atoms with Crippen LogP contribution >= 0.6 is 0 Å². The second-order valence-electron chi connectivity index (χ2n) is 7.39. The molecule has 0 aromatic heterocycles. The summed E-state index contributed by atoms with van der Waals surface area (Å²) in [6.45, 7) is 6.51. The van der Waals surface area contributed by atoms with Crippen molar-refractivity contribution in [3.63, 3.8) is 0 Å². The molecule has 0 radical (unpaired) electrons. The van der Waals surface area contributed by atoms with Gasteiger partial charge in [0.15, 0.2) is 0 Å². The molecule has 1 fully saturated rings. The van der Waals surface area contributed by atoms with E-state index in [-0.39, 0.29) is 5.91 Å². The van der Waals surface area contributed by atoms with Gasteiger partial charge < -0.3 is 9.80 Å². The topological polar surface area (TPSA) is 60.9 Å². The van der Waals surface area contributed by atoms with Crippen LogP contribution in [0.5, 0.6) is 0 Å². The third-order valence-corrected chi connectivity index (χ3v) is 7.55. The fraction of sp³-hybridized carbons (Fsp3) is 0.381. The summed E-state index contributed by atoms with van der Waals surface area (Å²) in [4.78, 5) is 16.0. The number of sulfonamides is 1. The lowest BCUT2D eigenvalue weighted by molar-refractivity contribution is -0.116. The van der Waals surface area contributed by atoms with Gasteiger partial charge in [0.25, 0.3) is 0 Å². The molecule has 0 N–H and O–H groups in total. The van der Waals surface area contributed by atoms with E-state index in [4.69, 9.17) is 0 Å². The van der Waals surface area contributed by atoms with Crippen LogP contribution in [0, 0.1) is 6.92 Å². The molecule has 6 nitrogen and oxygen atoms in total. The summed E-state index contributed by atoms with van der Waals surface area (Å²) in [5.41, 5.74) is 4.12. The average Bonchev–Trinajstić information content (AvgIpc) is 3.12. The summed E-state index contributed by atoms with van der Waals surface area (Å²) < 4.78 is 27.8. The molecule has 1 amide bonds. The number of para-hydroxylation sites is 1. The highest BCUT2D eigenvalue weighted by Crippen LogP contribution is 2.31. The van der Waals surface area contributed by atoms with Crippen LogP contribution in [0.4, 0.5) is 11.4 Å². The number of nitrogens with zero attached hydrogens (tertiary/aromatic N) is 3. The predicted molar refractivity (Wildman–Crippen MR) is 110 cm³/mol. The molecule has 0 spiro atoms. The zero-order valence-corrected chi connectivity index (χ0v) is 17.1. The molecule has 0 atom stereocenters. The number of fused-ring (bicyclic) bond motifs is 1. The van der Waals surface area contributed by atoms with Gasteiger partial charge in [0.1, 0.15) is 0 Å². The minimum atomic E-state index is -3.53. The minimum Gasteiger partial charge on any atom is -0.369 e. The van der Waals surface area contributed by atoms with Gasteiger partial charge in [-0.3, -0.25) is 4.79 Å². The highest BCUT2D eigenvalue weighted by Gasteiger charge is 2.31. The average molecular weight is 400 g/mol. The Bertz CT molecular complexity index is 1010. The summed E-state index contributed by atoms with van der Waals surface area (Å²) in [6, 6.07) is 13.3. The summed E-state index contributed by atoms with van der Waals surface area (Å²) in [5.74, 6) is -0.0123. The Hall–Kier alpha value is -2.38. The Labute approximate surface area is 166 Å². The van der Waals surface area contributed by atoms with Crippen molar-refractivity contribution in [2.24, 2.45) is 0 Å². The quantitative estimate of drug-likeness (QED) is 0.795. The zero-order chi connectivity index (χ0) is 19.9. The first-order valence-electron chi connectivity index (χ1n) is 9.60. The highest BCUT2D eigenvalue weighted by atomic mass is 32.2. The summed E-state index contributed by atoms with van der Waals surface area (Å²) >= 11 is 0. The molecular weight excluding hydrogens is 374 g/mol. The number of carbonyl (C=O) groups excluding carboxylic acids is 1. The van der Waals surface area contributed by atoms with Crippen LogP contribution in [-0.4, -0.2) is 51.4 Å². The summed E-state index contributed by atoms with van der Waals surface area (Å²) in [6.07, 6.45) is 0.694. The molecule has 0 unspecified atom stereocenters. The van der Waals surface area contributed by atoms with Gasteiger partial charge in [-0.2, -0.15) is 4.31 Å². The number of anilines is 2. The lowest BCUT2D eigenvalue weighted by atomic mass is 10.1. The Morgan fingerprint density at radius 3 is 2.32 bits per heavy atom. The number of hydrogen-bond donors (Lipinski definition) is 0. The molecule has 148 valence electrons. The Morgan fingerprint density at radius 1 is 0.929 bits per heavy atom. The number of amides is 1. The van der Waals surface area contributed by atoms with Gasteiger partial charge in [0.2, 0.25) is 15.9 Å². The number of rotatable bonds is 3. The molecule has 0 aliphatic carbocycles. The summed E-state index contributed by atoms with van der Waals surface area (Å²) in [5, 5.41) is 0. The molecule has 2 aromatic carbocycles.